The largest absolute Gasteiger partial charge is 0.358 e. The third-order valence-electron chi connectivity index (χ3n) is 5.88. The minimum atomic E-state index is 0.0921. The first-order valence-electron chi connectivity index (χ1n) is 8.92. The highest BCUT2D eigenvalue weighted by atomic mass is 16.2. The molecule has 1 saturated carbocycles. The molecule has 4 rings (SSSR count). The Kier molecular flexibility index (Phi) is 3.38. The zero-order valence-electron chi connectivity index (χ0n) is 15.0. The number of hydrogen-bond acceptors (Lipinski definition) is 1. The van der Waals surface area contributed by atoms with Crippen LogP contribution in [0.4, 0.5) is 0 Å². The van der Waals surface area contributed by atoms with Gasteiger partial charge in [0.25, 0.3) is 0 Å². The van der Waals surface area contributed by atoms with E-state index in [1.54, 1.807) is 0 Å². The van der Waals surface area contributed by atoms with E-state index < -0.39 is 0 Å². The van der Waals surface area contributed by atoms with Crippen LogP contribution in [-0.2, 0) is 17.8 Å². The molecule has 2 aromatic rings. The van der Waals surface area contributed by atoms with Gasteiger partial charge in [0.1, 0.15) is 0 Å². The van der Waals surface area contributed by atoms with E-state index >= 15 is 0 Å². The average Bonchev–Trinajstić information content (AvgIpc) is 2.91. The van der Waals surface area contributed by atoms with Crippen molar-refractivity contribution in [2.45, 2.75) is 40.7 Å². The van der Waals surface area contributed by atoms with E-state index in [1.165, 1.54) is 27.7 Å². The molecule has 1 aromatic heterocycles. The van der Waals surface area contributed by atoms with Crippen molar-refractivity contribution in [3.8, 4) is 0 Å². The quantitative estimate of drug-likeness (QED) is 0.823. The van der Waals surface area contributed by atoms with Gasteiger partial charge in [0.2, 0.25) is 5.91 Å². The van der Waals surface area contributed by atoms with Gasteiger partial charge in [0.05, 0.1) is 5.92 Å². The Morgan fingerprint density at radius 3 is 2.79 bits per heavy atom. The lowest BCUT2D eigenvalue weighted by atomic mass is 10.0. The van der Waals surface area contributed by atoms with Crippen LogP contribution in [0.25, 0.3) is 10.9 Å². The van der Waals surface area contributed by atoms with Crippen LogP contribution in [0.3, 0.4) is 0 Å². The predicted octanol–water partition coefficient (Wildman–Crippen LogP) is 4.29. The van der Waals surface area contributed by atoms with Gasteiger partial charge in [0, 0.05) is 41.7 Å². The number of amides is 1. The maximum Gasteiger partial charge on any atom is 0.227 e. The summed E-state index contributed by atoms with van der Waals surface area (Å²) in [7, 11) is 0. The number of nitrogens with zero attached hydrogens (tertiary/aromatic N) is 1. The monoisotopic (exact) mass is 322 g/mol. The Morgan fingerprint density at radius 2 is 2.04 bits per heavy atom. The van der Waals surface area contributed by atoms with Gasteiger partial charge in [-0.25, -0.2) is 0 Å². The lowest BCUT2D eigenvalue weighted by Gasteiger charge is -2.28. The first kappa shape index (κ1) is 15.5. The average molecular weight is 322 g/mol. The maximum absolute atomic E-state index is 13.1. The minimum Gasteiger partial charge on any atom is -0.358 e. The maximum atomic E-state index is 13.1. The summed E-state index contributed by atoms with van der Waals surface area (Å²) in [6, 6.07) is 8.41. The minimum absolute atomic E-state index is 0.0921. The molecule has 1 aliphatic carbocycles. The number of fused-ring (bicyclic) bond motifs is 3. The Bertz CT molecular complexity index is 839. The summed E-state index contributed by atoms with van der Waals surface area (Å²) in [5.74, 6) is 0.858. The first-order chi connectivity index (χ1) is 11.4. The lowest BCUT2D eigenvalue weighted by Crippen LogP contribution is -2.37. The van der Waals surface area contributed by atoms with Crippen molar-refractivity contribution in [2.24, 2.45) is 17.3 Å². The molecule has 2 unspecified atom stereocenters. The van der Waals surface area contributed by atoms with Crippen LogP contribution in [0.1, 0.15) is 39.0 Å². The van der Waals surface area contributed by atoms with E-state index in [0.717, 1.165) is 19.5 Å². The number of aromatic nitrogens is 1. The fourth-order valence-electron chi connectivity index (χ4n) is 4.37. The number of para-hydroxylation sites is 1. The summed E-state index contributed by atoms with van der Waals surface area (Å²) < 4.78 is 0. The molecular formula is C21H26N2O. The SMILES string of the molecule is CC(C)=CC1C(C(=O)N2CCc3[nH]c4ccccc4c3C2)C1(C)C. The molecule has 3 heteroatoms. The number of H-pyrrole nitrogens is 1. The highest BCUT2D eigenvalue weighted by Crippen LogP contribution is 2.60. The van der Waals surface area contributed by atoms with Gasteiger partial charge in [-0.1, -0.05) is 43.7 Å². The van der Waals surface area contributed by atoms with Crippen molar-refractivity contribution in [2.75, 3.05) is 6.54 Å². The Balaban J connectivity index is 1.59. The number of carbonyl (C=O) groups is 1. The molecule has 1 amide bonds. The Morgan fingerprint density at radius 1 is 1.29 bits per heavy atom. The molecule has 1 aromatic carbocycles. The second kappa shape index (κ2) is 5.23. The number of rotatable bonds is 2. The fraction of sp³-hybridized carbons (Fsp3) is 0.476. The normalized spacial score (nSPS) is 24.6. The molecule has 2 heterocycles. The van der Waals surface area contributed by atoms with Crippen LogP contribution >= 0.6 is 0 Å². The molecule has 126 valence electrons. The zero-order valence-corrected chi connectivity index (χ0v) is 15.0. The summed E-state index contributed by atoms with van der Waals surface area (Å²) >= 11 is 0. The molecule has 1 fully saturated rings. The Labute approximate surface area is 143 Å². The number of nitrogens with one attached hydrogen (secondary N) is 1. The smallest absolute Gasteiger partial charge is 0.227 e. The molecule has 1 N–H and O–H groups in total. The van der Waals surface area contributed by atoms with E-state index in [9.17, 15) is 4.79 Å². The number of aromatic amines is 1. The summed E-state index contributed by atoms with van der Waals surface area (Å²) in [6.07, 6.45) is 3.21. The zero-order chi connectivity index (χ0) is 17.1. The number of carbonyl (C=O) groups excluding carboxylic acids is 1. The van der Waals surface area contributed by atoms with Gasteiger partial charge >= 0.3 is 0 Å². The van der Waals surface area contributed by atoms with Crippen molar-refractivity contribution in [1.82, 2.24) is 9.88 Å². The molecule has 2 atom stereocenters. The number of hydrogen-bond donors (Lipinski definition) is 1. The molecule has 0 saturated heterocycles. The summed E-state index contributed by atoms with van der Waals surface area (Å²) in [6.45, 7) is 10.3. The molecular weight excluding hydrogens is 296 g/mol. The molecule has 24 heavy (non-hydrogen) atoms. The molecule has 1 aliphatic heterocycles. The third-order valence-corrected chi connectivity index (χ3v) is 5.88. The first-order valence-corrected chi connectivity index (χ1v) is 8.92. The lowest BCUT2D eigenvalue weighted by molar-refractivity contribution is -0.134. The van der Waals surface area contributed by atoms with Gasteiger partial charge in [-0.3, -0.25) is 4.79 Å². The van der Waals surface area contributed by atoms with Crippen LogP contribution in [0.5, 0.6) is 0 Å². The van der Waals surface area contributed by atoms with Crippen LogP contribution in [0.15, 0.2) is 35.9 Å². The van der Waals surface area contributed by atoms with E-state index in [-0.39, 0.29) is 11.3 Å². The van der Waals surface area contributed by atoms with Crippen molar-refractivity contribution in [3.05, 3.63) is 47.2 Å². The standard InChI is InChI=1S/C21H26N2O/c1-13(2)11-16-19(21(16,3)4)20(24)23-10-9-18-15(12-23)14-7-5-6-8-17(14)22-18/h5-8,11,16,19,22H,9-10,12H2,1-4H3. The van der Waals surface area contributed by atoms with Crippen molar-refractivity contribution >= 4 is 16.8 Å². The van der Waals surface area contributed by atoms with Crippen LogP contribution in [0.2, 0.25) is 0 Å². The Hall–Kier alpha value is -2.03. The molecule has 2 aliphatic rings. The van der Waals surface area contributed by atoms with E-state index in [0.29, 0.717) is 11.8 Å². The third kappa shape index (κ3) is 2.29. The highest BCUT2D eigenvalue weighted by Gasteiger charge is 2.61. The molecule has 3 nitrogen and oxygen atoms in total. The molecule has 0 spiro atoms. The fourth-order valence-corrected chi connectivity index (χ4v) is 4.37. The number of allylic oxidation sites excluding steroid dienone is 2. The number of benzene rings is 1. The highest BCUT2D eigenvalue weighted by molar-refractivity contribution is 5.87. The van der Waals surface area contributed by atoms with Gasteiger partial charge in [-0.15, -0.1) is 0 Å². The van der Waals surface area contributed by atoms with E-state index in [1.807, 2.05) is 0 Å². The van der Waals surface area contributed by atoms with Crippen LogP contribution in [0, 0.1) is 17.3 Å². The van der Waals surface area contributed by atoms with Crippen molar-refractivity contribution in [1.29, 1.82) is 0 Å². The van der Waals surface area contributed by atoms with Crippen LogP contribution < -0.4 is 0 Å². The van der Waals surface area contributed by atoms with Gasteiger partial charge in [0.15, 0.2) is 0 Å². The second-order valence-corrected chi connectivity index (χ2v) is 8.21. The van der Waals surface area contributed by atoms with Gasteiger partial charge < -0.3 is 9.88 Å². The summed E-state index contributed by atoms with van der Waals surface area (Å²) in [4.78, 5) is 18.7. The van der Waals surface area contributed by atoms with Crippen molar-refractivity contribution in [3.63, 3.8) is 0 Å². The van der Waals surface area contributed by atoms with Gasteiger partial charge in [-0.05, 0) is 31.2 Å². The predicted molar refractivity (Wildman–Crippen MR) is 97.6 cm³/mol. The molecule has 0 radical (unpaired) electrons. The summed E-state index contributed by atoms with van der Waals surface area (Å²) in [5.41, 5.74) is 5.19. The second-order valence-electron chi connectivity index (χ2n) is 8.21. The van der Waals surface area contributed by atoms with Crippen molar-refractivity contribution < 1.29 is 4.79 Å². The molecule has 0 bridgehead atoms. The van der Waals surface area contributed by atoms with Crippen LogP contribution in [-0.4, -0.2) is 22.3 Å². The van der Waals surface area contributed by atoms with E-state index in [4.69, 9.17) is 0 Å². The topological polar surface area (TPSA) is 36.1 Å². The van der Waals surface area contributed by atoms with Gasteiger partial charge in [-0.2, -0.15) is 0 Å². The summed E-state index contributed by atoms with van der Waals surface area (Å²) in [5, 5.41) is 1.26. The van der Waals surface area contributed by atoms with E-state index in [2.05, 4.69) is 67.9 Å².